The molecular weight excluding hydrogens is 272 g/mol. The SMILES string of the molecule is COc1nnccc1N1CCN(C(=O)OC(C)(C)C)CC1. The van der Waals surface area contributed by atoms with Crippen LogP contribution in [0.1, 0.15) is 20.8 Å². The number of anilines is 1. The van der Waals surface area contributed by atoms with Gasteiger partial charge < -0.3 is 19.3 Å². The molecule has 0 saturated carbocycles. The minimum absolute atomic E-state index is 0.262. The van der Waals surface area contributed by atoms with Gasteiger partial charge in [0.1, 0.15) is 11.3 Å². The lowest BCUT2D eigenvalue weighted by Crippen LogP contribution is -2.50. The lowest BCUT2D eigenvalue weighted by molar-refractivity contribution is 0.0240. The van der Waals surface area contributed by atoms with Crippen molar-refractivity contribution in [2.45, 2.75) is 26.4 Å². The predicted octanol–water partition coefficient (Wildman–Crippen LogP) is 1.54. The average molecular weight is 294 g/mol. The third-order valence-electron chi connectivity index (χ3n) is 3.13. The second-order valence-corrected chi connectivity index (χ2v) is 5.88. The van der Waals surface area contributed by atoms with Gasteiger partial charge in [0.2, 0.25) is 0 Å². The largest absolute Gasteiger partial charge is 0.478 e. The molecule has 0 N–H and O–H groups in total. The highest BCUT2D eigenvalue weighted by molar-refractivity contribution is 5.68. The Balaban J connectivity index is 1.96. The fourth-order valence-electron chi connectivity index (χ4n) is 2.15. The Hall–Kier alpha value is -2.05. The molecule has 0 atom stereocenters. The van der Waals surface area contributed by atoms with Crippen molar-refractivity contribution in [3.8, 4) is 5.88 Å². The van der Waals surface area contributed by atoms with Crippen LogP contribution in [0.5, 0.6) is 5.88 Å². The van der Waals surface area contributed by atoms with E-state index in [0.717, 1.165) is 5.69 Å². The monoisotopic (exact) mass is 294 g/mol. The maximum absolute atomic E-state index is 12.0. The molecule has 1 aliphatic heterocycles. The van der Waals surface area contributed by atoms with Crippen molar-refractivity contribution < 1.29 is 14.3 Å². The van der Waals surface area contributed by atoms with E-state index in [1.807, 2.05) is 26.8 Å². The van der Waals surface area contributed by atoms with E-state index >= 15 is 0 Å². The molecule has 0 radical (unpaired) electrons. The van der Waals surface area contributed by atoms with Crippen molar-refractivity contribution in [3.63, 3.8) is 0 Å². The molecule has 7 heteroatoms. The van der Waals surface area contributed by atoms with E-state index in [-0.39, 0.29) is 6.09 Å². The summed E-state index contributed by atoms with van der Waals surface area (Å²) in [7, 11) is 1.57. The van der Waals surface area contributed by atoms with Crippen molar-refractivity contribution >= 4 is 11.8 Å². The minimum atomic E-state index is -0.466. The van der Waals surface area contributed by atoms with Crippen LogP contribution in [0.15, 0.2) is 12.3 Å². The molecule has 2 rings (SSSR count). The van der Waals surface area contributed by atoms with Gasteiger partial charge >= 0.3 is 6.09 Å². The van der Waals surface area contributed by atoms with Crippen LogP contribution in [0.4, 0.5) is 10.5 Å². The number of amides is 1. The highest BCUT2D eigenvalue weighted by atomic mass is 16.6. The molecule has 7 nitrogen and oxygen atoms in total. The molecule has 1 saturated heterocycles. The molecule has 0 spiro atoms. The third-order valence-corrected chi connectivity index (χ3v) is 3.13. The van der Waals surface area contributed by atoms with E-state index in [9.17, 15) is 4.79 Å². The number of hydrogen-bond acceptors (Lipinski definition) is 6. The molecular formula is C14H22N4O3. The topological polar surface area (TPSA) is 67.8 Å². The van der Waals surface area contributed by atoms with Crippen LogP contribution < -0.4 is 9.64 Å². The quantitative estimate of drug-likeness (QED) is 0.824. The zero-order valence-electron chi connectivity index (χ0n) is 13.0. The van der Waals surface area contributed by atoms with Crippen molar-refractivity contribution in [3.05, 3.63) is 12.3 Å². The molecule has 1 aromatic rings. The van der Waals surface area contributed by atoms with Crippen molar-refractivity contribution in [1.29, 1.82) is 0 Å². The van der Waals surface area contributed by atoms with Crippen LogP contribution >= 0.6 is 0 Å². The van der Waals surface area contributed by atoms with Crippen LogP contribution in [0.2, 0.25) is 0 Å². The minimum Gasteiger partial charge on any atom is -0.478 e. The zero-order chi connectivity index (χ0) is 15.5. The van der Waals surface area contributed by atoms with Crippen LogP contribution in [0.3, 0.4) is 0 Å². The van der Waals surface area contributed by atoms with Gasteiger partial charge in [0, 0.05) is 26.2 Å². The Morgan fingerprint density at radius 2 is 1.90 bits per heavy atom. The maximum atomic E-state index is 12.0. The third kappa shape index (κ3) is 3.96. The fourth-order valence-corrected chi connectivity index (χ4v) is 2.15. The Morgan fingerprint density at radius 1 is 1.24 bits per heavy atom. The molecule has 1 fully saturated rings. The van der Waals surface area contributed by atoms with Crippen LogP contribution in [-0.4, -0.2) is 60.1 Å². The molecule has 21 heavy (non-hydrogen) atoms. The Labute approximate surface area is 124 Å². The first-order valence-electron chi connectivity index (χ1n) is 6.99. The van der Waals surface area contributed by atoms with Crippen LogP contribution in [0, 0.1) is 0 Å². The standard InChI is InChI=1S/C14H22N4O3/c1-14(2,3)21-13(19)18-9-7-17(8-10-18)11-5-6-15-16-12(11)20-4/h5-6H,7-10H2,1-4H3. The Bertz CT molecular complexity index is 493. The fraction of sp³-hybridized carbons (Fsp3) is 0.643. The molecule has 0 unspecified atom stereocenters. The summed E-state index contributed by atoms with van der Waals surface area (Å²) < 4.78 is 10.6. The summed E-state index contributed by atoms with van der Waals surface area (Å²) in [5.74, 6) is 0.503. The van der Waals surface area contributed by atoms with Crippen LogP contribution in [0.25, 0.3) is 0 Å². The molecule has 0 aliphatic carbocycles. The summed E-state index contributed by atoms with van der Waals surface area (Å²) in [6, 6.07) is 1.87. The summed E-state index contributed by atoms with van der Waals surface area (Å²) in [5.41, 5.74) is 0.434. The number of ether oxygens (including phenoxy) is 2. The first-order valence-corrected chi connectivity index (χ1v) is 6.99. The second-order valence-electron chi connectivity index (χ2n) is 5.88. The number of carbonyl (C=O) groups excluding carboxylic acids is 1. The number of carbonyl (C=O) groups is 1. The van der Waals surface area contributed by atoms with Gasteiger partial charge in [-0.05, 0) is 26.8 Å². The van der Waals surface area contributed by atoms with Gasteiger partial charge in [0.25, 0.3) is 5.88 Å². The number of methoxy groups -OCH3 is 1. The number of aromatic nitrogens is 2. The lowest BCUT2D eigenvalue weighted by atomic mass is 10.2. The molecule has 1 amide bonds. The lowest BCUT2D eigenvalue weighted by Gasteiger charge is -2.36. The van der Waals surface area contributed by atoms with Gasteiger partial charge in [-0.2, -0.15) is 5.10 Å². The predicted molar refractivity (Wildman–Crippen MR) is 78.6 cm³/mol. The van der Waals surface area contributed by atoms with Gasteiger partial charge in [-0.25, -0.2) is 4.79 Å². The summed E-state index contributed by atoms with van der Waals surface area (Å²) in [6.45, 7) is 8.25. The second kappa shape index (κ2) is 6.15. The molecule has 1 aromatic heterocycles. The highest BCUT2D eigenvalue weighted by Gasteiger charge is 2.27. The molecule has 0 aromatic carbocycles. The van der Waals surface area contributed by atoms with Crippen LogP contribution in [-0.2, 0) is 4.74 Å². The van der Waals surface area contributed by atoms with Gasteiger partial charge in [0.05, 0.1) is 13.3 Å². The summed E-state index contributed by atoms with van der Waals surface area (Å²) in [4.78, 5) is 15.9. The van der Waals surface area contributed by atoms with E-state index in [1.165, 1.54) is 0 Å². The van der Waals surface area contributed by atoms with Gasteiger partial charge in [-0.3, -0.25) is 0 Å². The van der Waals surface area contributed by atoms with Gasteiger partial charge in [0.15, 0.2) is 0 Å². The molecule has 2 heterocycles. The number of hydrogen-bond donors (Lipinski definition) is 0. The smallest absolute Gasteiger partial charge is 0.410 e. The summed E-state index contributed by atoms with van der Waals surface area (Å²) >= 11 is 0. The first kappa shape index (κ1) is 15.3. The van der Waals surface area contributed by atoms with E-state index in [0.29, 0.717) is 32.1 Å². The summed E-state index contributed by atoms with van der Waals surface area (Å²) in [6.07, 6.45) is 1.37. The van der Waals surface area contributed by atoms with Crippen molar-refractivity contribution in [2.24, 2.45) is 0 Å². The highest BCUT2D eigenvalue weighted by Crippen LogP contribution is 2.25. The zero-order valence-corrected chi connectivity index (χ0v) is 13.0. The molecule has 0 bridgehead atoms. The molecule has 1 aliphatic rings. The normalized spacial score (nSPS) is 15.8. The van der Waals surface area contributed by atoms with E-state index in [2.05, 4.69) is 15.1 Å². The summed E-state index contributed by atoms with van der Waals surface area (Å²) in [5, 5.41) is 7.76. The Morgan fingerprint density at radius 3 is 2.48 bits per heavy atom. The number of rotatable bonds is 2. The van der Waals surface area contributed by atoms with Gasteiger partial charge in [-0.1, -0.05) is 0 Å². The number of piperazine rings is 1. The van der Waals surface area contributed by atoms with Crippen molar-refractivity contribution in [2.75, 3.05) is 38.2 Å². The average Bonchev–Trinajstić information content (AvgIpc) is 2.45. The van der Waals surface area contributed by atoms with E-state index in [1.54, 1.807) is 18.2 Å². The first-order chi connectivity index (χ1) is 9.90. The Kier molecular flexibility index (Phi) is 4.50. The maximum Gasteiger partial charge on any atom is 0.410 e. The number of nitrogens with zero attached hydrogens (tertiary/aromatic N) is 4. The molecule has 116 valence electrons. The van der Waals surface area contributed by atoms with E-state index < -0.39 is 5.60 Å². The van der Waals surface area contributed by atoms with E-state index in [4.69, 9.17) is 9.47 Å². The van der Waals surface area contributed by atoms with Crippen molar-refractivity contribution in [1.82, 2.24) is 15.1 Å². The van der Waals surface area contributed by atoms with Gasteiger partial charge in [-0.15, -0.1) is 5.10 Å².